The first-order chi connectivity index (χ1) is 8.83. The summed E-state index contributed by atoms with van der Waals surface area (Å²) >= 11 is 0. The molecule has 1 atom stereocenters. The van der Waals surface area contributed by atoms with Gasteiger partial charge in [-0.1, -0.05) is 18.7 Å². The van der Waals surface area contributed by atoms with Gasteiger partial charge in [-0.3, -0.25) is 0 Å². The molecule has 2 heteroatoms. The van der Waals surface area contributed by atoms with Crippen LogP contribution in [0.25, 0.3) is 5.70 Å². The lowest BCUT2D eigenvalue weighted by atomic mass is 9.92. The number of piperidine rings is 1. The molecular weight excluding hydrogens is 220 g/mol. The fraction of sp³-hybridized carbons (Fsp3) is 0.500. The number of hydrogen-bond acceptors (Lipinski definition) is 2. The van der Waals surface area contributed by atoms with Crippen molar-refractivity contribution < 1.29 is 0 Å². The van der Waals surface area contributed by atoms with Gasteiger partial charge >= 0.3 is 0 Å². The van der Waals surface area contributed by atoms with Gasteiger partial charge in [0.2, 0.25) is 0 Å². The standard InChI is InChI=1S/C16H22N2/c1-12-16-9-13(6-7-15(16)11-18-12)4-5-14-3-2-8-17-10-14/h6-7,9,14,17-18H,1-5,8,10-11H2. The van der Waals surface area contributed by atoms with Gasteiger partial charge in [0.15, 0.2) is 0 Å². The van der Waals surface area contributed by atoms with E-state index in [1.165, 1.54) is 55.5 Å². The molecule has 2 nitrogen and oxygen atoms in total. The molecule has 96 valence electrons. The van der Waals surface area contributed by atoms with Crippen LogP contribution in [-0.4, -0.2) is 13.1 Å². The molecule has 2 N–H and O–H groups in total. The molecule has 3 rings (SSSR count). The van der Waals surface area contributed by atoms with Crippen molar-refractivity contribution in [2.24, 2.45) is 5.92 Å². The summed E-state index contributed by atoms with van der Waals surface area (Å²) in [4.78, 5) is 0. The molecule has 1 saturated heterocycles. The number of nitrogens with one attached hydrogen (secondary N) is 2. The maximum atomic E-state index is 4.07. The summed E-state index contributed by atoms with van der Waals surface area (Å²) in [6.07, 6.45) is 5.25. The molecule has 0 radical (unpaired) electrons. The van der Waals surface area contributed by atoms with Crippen molar-refractivity contribution in [3.05, 3.63) is 41.5 Å². The predicted octanol–water partition coefficient (Wildman–Crippen LogP) is 2.69. The summed E-state index contributed by atoms with van der Waals surface area (Å²) in [6, 6.07) is 6.87. The zero-order valence-corrected chi connectivity index (χ0v) is 11.0. The van der Waals surface area contributed by atoms with E-state index in [9.17, 15) is 0 Å². The lowest BCUT2D eigenvalue weighted by molar-refractivity contribution is 0.358. The van der Waals surface area contributed by atoms with Gasteiger partial charge in [-0.05, 0) is 61.9 Å². The summed E-state index contributed by atoms with van der Waals surface area (Å²) in [5.41, 5.74) is 5.27. The molecule has 0 bridgehead atoms. The van der Waals surface area contributed by atoms with Crippen LogP contribution in [0.15, 0.2) is 24.8 Å². The number of benzene rings is 1. The average Bonchev–Trinajstić information content (AvgIpc) is 2.79. The highest BCUT2D eigenvalue weighted by Gasteiger charge is 2.15. The Morgan fingerprint density at radius 1 is 1.33 bits per heavy atom. The molecule has 0 saturated carbocycles. The van der Waals surface area contributed by atoms with Gasteiger partial charge in [-0.2, -0.15) is 0 Å². The van der Waals surface area contributed by atoms with Crippen molar-refractivity contribution in [3.8, 4) is 0 Å². The minimum Gasteiger partial charge on any atom is -0.381 e. The molecule has 0 aromatic heterocycles. The quantitative estimate of drug-likeness (QED) is 0.851. The van der Waals surface area contributed by atoms with E-state index in [1.54, 1.807) is 0 Å². The Bertz CT molecular complexity index is 444. The second kappa shape index (κ2) is 5.15. The summed E-state index contributed by atoms with van der Waals surface area (Å²) in [7, 11) is 0. The van der Waals surface area contributed by atoms with E-state index in [2.05, 4.69) is 35.4 Å². The van der Waals surface area contributed by atoms with Crippen LogP contribution in [-0.2, 0) is 13.0 Å². The van der Waals surface area contributed by atoms with Gasteiger partial charge in [0.25, 0.3) is 0 Å². The number of fused-ring (bicyclic) bond motifs is 1. The lowest BCUT2D eigenvalue weighted by Gasteiger charge is -2.22. The third-order valence-electron chi connectivity index (χ3n) is 4.23. The highest BCUT2D eigenvalue weighted by molar-refractivity contribution is 5.69. The van der Waals surface area contributed by atoms with Crippen molar-refractivity contribution in [2.45, 2.75) is 32.2 Å². The van der Waals surface area contributed by atoms with Gasteiger partial charge in [0.05, 0.1) is 0 Å². The van der Waals surface area contributed by atoms with Gasteiger partial charge in [0, 0.05) is 17.8 Å². The number of hydrogen-bond donors (Lipinski definition) is 2. The van der Waals surface area contributed by atoms with Gasteiger partial charge < -0.3 is 10.6 Å². The predicted molar refractivity (Wildman–Crippen MR) is 76.2 cm³/mol. The second-order valence-corrected chi connectivity index (χ2v) is 5.57. The van der Waals surface area contributed by atoms with Crippen LogP contribution in [0.2, 0.25) is 0 Å². The number of aryl methyl sites for hydroxylation is 1. The maximum absolute atomic E-state index is 4.07. The van der Waals surface area contributed by atoms with E-state index in [1.807, 2.05) is 0 Å². The van der Waals surface area contributed by atoms with Crippen molar-refractivity contribution >= 4 is 5.70 Å². The van der Waals surface area contributed by atoms with Crippen molar-refractivity contribution in [1.29, 1.82) is 0 Å². The first kappa shape index (κ1) is 11.8. The first-order valence-electron chi connectivity index (χ1n) is 7.08. The molecule has 0 aliphatic carbocycles. The van der Waals surface area contributed by atoms with Gasteiger partial charge in [0.1, 0.15) is 0 Å². The van der Waals surface area contributed by atoms with E-state index in [4.69, 9.17) is 0 Å². The van der Waals surface area contributed by atoms with E-state index >= 15 is 0 Å². The van der Waals surface area contributed by atoms with E-state index in [0.29, 0.717) is 0 Å². The topological polar surface area (TPSA) is 24.1 Å². The molecule has 0 spiro atoms. The summed E-state index contributed by atoms with van der Waals surface area (Å²) in [6.45, 7) is 7.43. The Morgan fingerprint density at radius 2 is 2.28 bits per heavy atom. The lowest BCUT2D eigenvalue weighted by Crippen LogP contribution is -2.29. The molecular formula is C16H22N2. The Balaban J connectivity index is 1.63. The number of rotatable bonds is 3. The first-order valence-corrected chi connectivity index (χ1v) is 7.08. The monoisotopic (exact) mass is 242 g/mol. The SMILES string of the molecule is C=C1NCc2ccc(CCC3CCCNC3)cc21. The summed E-state index contributed by atoms with van der Waals surface area (Å²) in [5, 5.41) is 6.81. The zero-order chi connectivity index (χ0) is 12.4. The Hall–Kier alpha value is -1.28. The fourth-order valence-corrected chi connectivity index (χ4v) is 3.05. The van der Waals surface area contributed by atoms with Crippen molar-refractivity contribution in [1.82, 2.24) is 10.6 Å². The van der Waals surface area contributed by atoms with Gasteiger partial charge in [-0.15, -0.1) is 0 Å². The minimum absolute atomic E-state index is 0.869. The van der Waals surface area contributed by atoms with Crippen LogP contribution < -0.4 is 10.6 Å². The smallest absolute Gasteiger partial charge is 0.0407 e. The van der Waals surface area contributed by atoms with E-state index in [0.717, 1.165) is 18.2 Å². The van der Waals surface area contributed by atoms with Crippen LogP contribution in [0.4, 0.5) is 0 Å². The van der Waals surface area contributed by atoms with Crippen LogP contribution in [0.5, 0.6) is 0 Å². The molecule has 1 aromatic carbocycles. The fourth-order valence-electron chi connectivity index (χ4n) is 3.05. The van der Waals surface area contributed by atoms with Crippen LogP contribution in [0.3, 0.4) is 0 Å². The largest absolute Gasteiger partial charge is 0.381 e. The van der Waals surface area contributed by atoms with Crippen LogP contribution >= 0.6 is 0 Å². The summed E-state index contributed by atoms with van der Waals surface area (Å²) < 4.78 is 0. The summed E-state index contributed by atoms with van der Waals surface area (Å²) in [5.74, 6) is 0.869. The molecule has 2 aliphatic heterocycles. The third kappa shape index (κ3) is 2.44. The highest BCUT2D eigenvalue weighted by atomic mass is 14.9. The molecule has 0 amide bonds. The normalized spacial score (nSPS) is 22.7. The molecule has 1 unspecified atom stereocenters. The zero-order valence-electron chi connectivity index (χ0n) is 11.0. The second-order valence-electron chi connectivity index (χ2n) is 5.57. The van der Waals surface area contributed by atoms with Crippen LogP contribution in [0.1, 0.15) is 36.0 Å². The molecule has 1 aromatic rings. The molecule has 18 heavy (non-hydrogen) atoms. The molecule has 1 fully saturated rings. The average molecular weight is 242 g/mol. The highest BCUT2D eigenvalue weighted by Crippen LogP contribution is 2.25. The van der Waals surface area contributed by atoms with Crippen molar-refractivity contribution in [3.63, 3.8) is 0 Å². The Kier molecular flexibility index (Phi) is 3.37. The van der Waals surface area contributed by atoms with E-state index in [-0.39, 0.29) is 0 Å². The van der Waals surface area contributed by atoms with E-state index < -0.39 is 0 Å². The molecule has 2 aliphatic rings. The third-order valence-corrected chi connectivity index (χ3v) is 4.23. The molecule has 2 heterocycles. The minimum atomic E-state index is 0.869. The Morgan fingerprint density at radius 3 is 3.11 bits per heavy atom. The van der Waals surface area contributed by atoms with Crippen LogP contribution in [0, 0.1) is 5.92 Å². The maximum Gasteiger partial charge on any atom is 0.0407 e. The van der Waals surface area contributed by atoms with Gasteiger partial charge in [-0.25, -0.2) is 0 Å². The van der Waals surface area contributed by atoms with Crippen molar-refractivity contribution in [2.75, 3.05) is 13.1 Å². The Labute approximate surface area is 109 Å².